The third kappa shape index (κ3) is 6.55. The summed E-state index contributed by atoms with van der Waals surface area (Å²) in [6.07, 6.45) is -0.787. The molecule has 2 fully saturated rings. The minimum atomic E-state index is -5.08. The van der Waals surface area contributed by atoms with Gasteiger partial charge in [0.2, 0.25) is 0 Å². The van der Waals surface area contributed by atoms with Crippen molar-refractivity contribution in [1.29, 1.82) is 0 Å². The number of hydrogen-bond donors (Lipinski definition) is 2. The summed E-state index contributed by atoms with van der Waals surface area (Å²) in [4.78, 5) is 24.9. The maximum Gasteiger partial charge on any atom is 0.490 e. The maximum atomic E-state index is 12.2. The molecule has 0 aromatic carbocycles. The highest BCUT2D eigenvalue weighted by molar-refractivity contribution is 7.09. The molecule has 1 amide bonds. The quantitative estimate of drug-likeness (QED) is 0.726. The zero-order valence-electron chi connectivity index (χ0n) is 16.6. The lowest BCUT2D eigenvalue weighted by Crippen LogP contribution is -2.49. The molecule has 2 aromatic rings. The van der Waals surface area contributed by atoms with Crippen LogP contribution in [0.1, 0.15) is 34.7 Å². The summed E-state index contributed by atoms with van der Waals surface area (Å²) >= 11 is 1.80. The summed E-state index contributed by atoms with van der Waals surface area (Å²) in [5.74, 6) is -2.51. The zero-order chi connectivity index (χ0) is 22.5. The molecular weight excluding hydrogens is 437 g/mol. The van der Waals surface area contributed by atoms with Gasteiger partial charge in [-0.3, -0.25) is 9.69 Å². The first-order valence-corrected chi connectivity index (χ1v) is 10.6. The fourth-order valence-corrected chi connectivity index (χ4v) is 4.53. The van der Waals surface area contributed by atoms with Crippen molar-refractivity contribution in [2.75, 3.05) is 19.7 Å². The monoisotopic (exact) mass is 460 g/mol. The van der Waals surface area contributed by atoms with E-state index in [1.54, 1.807) is 23.5 Å². The summed E-state index contributed by atoms with van der Waals surface area (Å²) in [5, 5.41) is 12.4. The van der Waals surface area contributed by atoms with Gasteiger partial charge in [-0.15, -0.1) is 11.3 Å². The average Bonchev–Trinajstić information content (AvgIpc) is 3.45. The number of carbonyl (C=O) groups excluding carboxylic acids is 1. The molecule has 0 saturated carbocycles. The van der Waals surface area contributed by atoms with Gasteiger partial charge in [0, 0.05) is 37.2 Å². The molecule has 2 atom stereocenters. The summed E-state index contributed by atoms with van der Waals surface area (Å²) < 4.78 is 43.1. The van der Waals surface area contributed by atoms with Gasteiger partial charge in [-0.05, 0) is 42.8 Å². The van der Waals surface area contributed by atoms with Crippen molar-refractivity contribution in [1.82, 2.24) is 10.2 Å². The van der Waals surface area contributed by atoms with Gasteiger partial charge in [0.15, 0.2) is 5.76 Å². The number of carboxylic acids is 1. The second-order valence-electron chi connectivity index (χ2n) is 7.51. The predicted molar refractivity (Wildman–Crippen MR) is 106 cm³/mol. The Hall–Kier alpha value is -2.37. The van der Waals surface area contributed by atoms with E-state index in [1.807, 2.05) is 0 Å². The van der Waals surface area contributed by atoms with E-state index in [-0.39, 0.29) is 17.6 Å². The molecule has 7 nitrogen and oxygen atoms in total. The molecule has 11 heteroatoms. The van der Waals surface area contributed by atoms with Gasteiger partial charge in [0.05, 0.1) is 11.9 Å². The van der Waals surface area contributed by atoms with Crippen LogP contribution in [0.4, 0.5) is 13.2 Å². The van der Waals surface area contributed by atoms with E-state index in [1.165, 1.54) is 11.1 Å². The Morgan fingerprint density at radius 2 is 2.10 bits per heavy atom. The Morgan fingerprint density at radius 1 is 1.32 bits per heavy atom. The van der Waals surface area contributed by atoms with Gasteiger partial charge in [0.25, 0.3) is 5.91 Å². The van der Waals surface area contributed by atoms with Crippen molar-refractivity contribution in [2.45, 2.75) is 43.6 Å². The van der Waals surface area contributed by atoms with Crippen LogP contribution in [0.3, 0.4) is 0 Å². The van der Waals surface area contributed by atoms with Gasteiger partial charge in [-0.2, -0.15) is 13.2 Å². The Labute approximate surface area is 180 Å². The number of carboxylic acid groups (broad SMARTS) is 1. The van der Waals surface area contributed by atoms with Crippen LogP contribution in [0.2, 0.25) is 0 Å². The van der Waals surface area contributed by atoms with Crippen LogP contribution < -0.4 is 5.32 Å². The molecule has 0 aliphatic carbocycles. The lowest BCUT2D eigenvalue weighted by Gasteiger charge is -2.38. The molecule has 2 aromatic heterocycles. The van der Waals surface area contributed by atoms with Gasteiger partial charge in [-0.1, -0.05) is 6.07 Å². The van der Waals surface area contributed by atoms with Crippen LogP contribution >= 0.6 is 11.3 Å². The molecule has 4 rings (SSSR count). The number of alkyl halides is 3. The van der Waals surface area contributed by atoms with Crippen LogP contribution in [-0.4, -0.2) is 59.4 Å². The van der Waals surface area contributed by atoms with Gasteiger partial charge in [0.1, 0.15) is 0 Å². The van der Waals surface area contributed by atoms with E-state index < -0.39 is 12.1 Å². The lowest BCUT2D eigenvalue weighted by molar-refractivity contribution is -0.192. The molecule has 0 bridgehead atoms. The standard InChI is InChI=1S/C18H22N2O3S.C2HF3O2/c21-17(16-4-1-8-22-16)19-14-5-9-23-18(11-14)6-7-20(13-18)12-15-3-2-10-24-15;3-2(4,5)1(6)7/h1-4,8,10,14H,5-7,9,11-13H2,(H,19,21);(H,6,7)/t14-,18+;/m0./s1. The molecule has 0 radical (unpaired) electrons. The first-order valence-electron chi connectivity index (χ1n) is 9.70. The van der Waals surface area contributed by atoms with Crippen molar-refractivity contribution in [3.8, 4) is 0 Å². The SMILES string of the molecule is O=C(N[C@H]1CCO[C@]2(CCN(Cc3cccs3)C2)C1)c1ccco1.O=C(O)C(F)(F)F. The molecule has 0 unspecified atom stereocenters. The Bertz CT molecular complexity index is 857. The van der Waals surface area contributed by atoms with E-state index in [4.69, 9.17) is 19.1 Å². The van der Waals surface area contributed by atoms with Crippen molar-refractivity contribution < 1.29 is 37.0 Å². The average molecular weight is 460 g/mol. The Morgan fingerprint density at radius 3 is 2.71 bits per heavy atom. The molecule has 31 heavy (non-hydrogen) atoms. The Balaban J connectivity index is 0.000000339. The third-order valence-corrected chi connectivity index (χ3v) is 6.03. The summed E-state index contributed by atoms with van der Waals surface area (Å²) in [7, 11) is 0. The van der Waals surface area contributed by atoms with Gasteiger partial charge >= 0.3 is 12.1 Å². The van der Waals surface area contributed by atoms with E-state index in [0.29, 0.717) is 12.4 Å². The van der Waals surface area contributed by atoms with E-state index in [9.17, 15) is 18.0 Å². The second-order valence-corrected chi connectivity index (χ2v) is 8.55. The molecule has 4 heterocycles. The first kappa shape index (κ1) is 23.3. The molecule has 2 saturated heterocycles. The molecule has 2 aliphatic heterocycles. The second kappa shape index (κ2) is 9.84. The number of halogens is 3. The van der Waals surface area contributed by atoms with Crippen molar-refractivity contribution in [3.63, 3.8) is 0 Å². The number of likely N-dealkylation sites (tertiary alicyclic amines) is 1. The summed E-state index contributed by atoms with van der Waals surface area (Å²) in [5.41, 5.74) is -0.114. The molecule has 170 valence electrons. The molecule has 2 aliphatic rings. The lowest BCUT2D eigenvalue weighted by atomic mass is 9.89. The number of furan rings is 1. The number of thiophene rings is 1. The van der Waals surface area contributed by atoms with E-state index in [2.05, 4.69) is 27.7 Å². The maximum absolute atomic E-state index is 12.2. The number of ether oxygens (including phenoxy) is 1. The number of aliphatic carboxylic acids is 1. The molecule has 1 spiro atoms. The van der Waals surface area contributed by atoms with E-state index >= 15 is 0 Å². The number of nitrogens with one attached hydrogen (secondary N) is 1. The number of hydrogen-bond acceptors (Lipinski definition) is 6. The van der Waals surface area contributed by atoms with Gasteiger partial charge < -0.3 is 19.6 Å². The topological polar surface area (TPSA) is 92.0 Å². The molecule has 2 N–H and O–H groups in total. The number of amides is 1. The van der Waals surface area contributed by atoms with E-state index in [0.717, 1.165) is 38.9 Å². The highest BCUT2D eigenvalue weighted by atomic mass is 32.1. The van der Waals surface area contributed by atoms with Crippen LogP contribution in [0, 0.1) is 0 Å². The minimum Gasteiger partial charge on any atom is -0.475 e. The predicted octanol–water partition coefficient (Wildman–Crippen LogP) is 3.53. The highest BCUT2D eigenvalue weighted by Gasteiger charge is 2.43. The summed E-state index contributed by atoms with van der Waals surface area (Å²) in [6.45, 7) is 3.69. The smallest absolute Gasteiger partial charge is 0.475 e. The van der Waals surface area contributed by atoms with Crippen LogP contribution in [0.15, 0.2) is 40.3 Å². The van der Waals surface area contributed by atoms with Crippen LogP contribution in [-0.2, 0) is 16.1 Å². The first-order chi connectivity index (χ1) is 14.7. The summed E-state index contributed by atoms with van der Waals surface area (Å²) in [6, 6.07) is 7.87. The molecular formula is C20H23F3N2O5S. The number of carbonyl (C=O) groups is 2. The van der Waals surface area contributed by atoms with Crippen molar-refractivity contribution >= 4 is 23.2 Å². The van der Waals surface area contributed by atoms with Crippen molar-refractivity contribution in [3.05, 3.63) is 46.5 Å². The largest absolute Gasteiger partial charge is 0.490 e. The van der Waals surface area contributed by atoms with Crippen molar-refractivity contribution in [2.24, 2.45) is 0 Å². The number of nitrogens with zero attached hydrogens (tertiary/aromatic N) is 1. The van der Waals surface area contributed by atoms with Crippen LogP contribution in [0.5, 0.6) is 0 Å². The third-order valence-electron chi connectivity index (χ3n) is 5.17. The highest BCUT2D eigenvalue weighted by Crippen LogP contribution is 2.35. The van der Waals surface area contributed by atoms with Gasteiger partial charge in [-0.25, -0.2) is 4.79 Å². The zero-order valence-corrected chi connectivity index (χ0v) is 17.4. The minimum absolute atomic E-state index is 0.114. The normalized spacial score (nSPS) is 23.9. The Kier molecular flexibility index (Phi) is 7.39. The number of rotatable bonds is 4. The fourth-order valence-electron chi connectivity index (χ4n) is 3.79. The fraction of sp³-hybridized carbons (Fsp3) is 0.500. The van der Waals surface area contributed by atoms with Crippen LogP contribution in [0.25, 0.3) is 0 Å².